The van der Waals surface area contributed by atoms with Crippen LogP contribution in [-0.2, 0) is 9.59 Å². The fourth-order valence-corrected chi connectivity index (χ4v) is 1.81. The lowest BCUT2D eigenvalue weighted by Crippen LogP contribution is -2.17. The Kier molecular flexibility index (Phi) is 6.70. The standard InChI is InChI=1S/C21H18O7/c1-13(2)19(22)25-15-9-5-7-11-17(15)27-21(24)28-18-12-8-6-10-16(18)26-20(23)14(3)4/h5-12H,1,3H2,2,4H3. The average Bonchev–Trinajstić information content (AvgIpc) is 2.64. The van der Waals surface area contributed by atoms with E-state index in [9.17, 15) is 14.4 Å². The minimum Gasteiger partial charge on any atom is -0.419 e. The first-order valence-corrected chi connectivity index (χ1v) is 8.11. The highest BCUT2D eigenvalue weighted by molar-refractivity contribution is 5.90. The summed E-state index contributed by atoms with van der Waals surface area (Å²) in [5, 5.41) is 0. The van der Waals surface area contributed by atoms with Crippen molar-refractivity contribution in [3.63, 3.8) is 0 Å². The van der Waals surface area contributed by atoms with Gasteiger partial charge < -0.3 is 18.9 Å². The van der Waals surface area contributed by atoms with Gasteiger partial charge in [-0.1, -0.05) is 37.4 Å². The summed E-state index contributed by atoms with van der Waals surface area (Å²) >= 11 is 0. The molecule has 0 bridgehead atoms. The molecule has 0 atom stereocenters. The third-order valence-corrected chi connectivity index (χ3v) is 3.19. The van der Waals surface area contributed by atoms with Gasteiger partial charge in [-0.3, -0.25) is 0 Å². The monoisotopic (exact) mass is 382 g/mol. The Morgan fingerprint density at radius 1 is 0.607 bits per heavy atom. The van der Waals surface area contributed by atoms with Crippen LogP contribution in [0.2, 0.25) is 0 Å². The molecule has 0 aliphatic heterocycles. The Balaban J connectivity index is 2.14. The van der Waals surface area contributed by atoms with Crippen LogP contribution in [0.25, 0.3) is 0 Å². The van der Waals surface area contributed by atoms with Crippen LogP contribution in [0.1, 0.15) is 13.8 Å². The minimum absolute atomic E-state index is 0.0226. The molecule has 28 heavy (non-hydrogen) atoms. The van der Waals surface area contributed by atoms with Crippen molar-refractivity contribution in [2.24, 2.45) is 0 Å². The molecule has 0 fully saturated rings. The normalized spacial score (nSPS) is 9.79. The second kappa shape index (κ2) is 9.18. The first-order valence-electron chi connectivity index (χ1n) is 8.11. The van der Waals surface area contributed by atoms with Crippen LogP contribution < -0.4 is 18.9 Å². The summed E-state index contributed by atoms with van der Waals surface area (Å²) in [6.45, 7) is 9.96. The van der Waals surface area contributed by atoms with E-state index >= 15 is 0 Å². The maximum absolute atomic E-state index is 12.2. The molecule has 0 saturated heterocycles. The molecule has 0 aliphatic carbocycles. The third-order valence-electron chi connectivity index (χ3n) is 3.19. The van der Waals surface area contributed by atoms with Crippen molar-refractivity contribution in [3.8, 4) is 23.0 Å². The molecule has 0 N–H and O–H groups in total. The molecule has 2 rings (SSSR count). The molecule has 2 aromatic rings. The maximum Gasteiger partial charge on any atom is 0.519 e. The van der Waals surface area contributed by atoms with Crippen LogP contribution in [-0.4, -0.2) is 18.1 Å². The number of ether oxygens (including phenoxy) is 4. The first kappa shape index (κ1) is 20.4. The number of rotatable bonds is 6. The Labute approximate surface area is 161 Å². The molecule has 2 aromatic carbocycles. The molecular weight excluding hydrogens is 364 g/mol. The van der Waals surface area contributed by atoms with Gasteiger partial charge in [0.2, 0.25) is 0 Å². The van der Waals surface area contributed by atoms with E-state index in [1.54, 1.807) is 24.3 Å². The van der Waals surface area contributed by atoms with E-state index in [4.69, 9.17) is 18.9 Å². The highest BCUT2D eigenvalue weighted by atomic mass is 16.7. The fraction of sp³-hybridized carbons (Fsp3) is 0.0952. The van der Waals surface area contributed by atoms with E-state index < -0.39 is 18.1 Å². The van der Waals surface area contributed by atoms with Crippen molar-refractivity contribution in [1.29, 1.82) is 0 Å². The number of hydrogen-bond acceptors (Lipinski definition) is 7. The summed E-state index contributed by atoms with van der Waals surface area (Å²) in [6.07, 6.45) is -1.11. The molecule has 0 spiro atoms. The average molecular weight is 382 g/mol. The van der Waals surface area contributed by atoms with Crippen molar-refractivity contribution >= 4 is 18.1 Å². The third kappa shape index (κ3) is 5.57. The Morgan fingerprint density at radius 2 is 0.893 bits per heavy atom. The van der Waals surface area contributed by atoms with E-state index in [1.807, 2.05) is 0 Å². The molecule has 0 heterocycles. The van der Waals surface area contributed by atoms with Crippen molar-refractivity contribution in [2.45, 2.75) is 13.8 Å². The highest BCUT2D eigenvalue weighted by Gasteiger charge is 2.18. The number of esters is 2. The zero-order valence-corrected chi connectivity index (χ0v) is 15.4. The molecule has 7 nitrogen and oxygen atoms in total. The summed E-state index contributed by atoms with van der Waals surface area (Å²) in [5.41, 5.74) is 0.372. The molecule has 144 valence electrons. The summed E-state index contributed by atoms with van der Waals surface area (Å²) in [7, 11) is 0. The van der Waals surface area contributed by atoms with Crippen LogP contribution in [0, 0.1) is 0 Å². The van der Waals surface area contributed by atoms with E-state index in [1.165, 1.54) is 38.1 Å². The zero-order chi connectivity index (χ0) is 20.7. The van der Waals surface area contributed by atoms with Crippen LogP contribution >= 0.6 is 0 Å². The molecule has 0 radical (unpaired) electrons. The van der Waals surface area contributed by atoms with E-state index in [0.29, 0.717) is 0 Å². The lowest BCUT2D eigenvalue weighted by Gasteiger charge is -2.12. The van der Waals surface area contributed by atoms with Gasteiger partial charge in [-0.2, -0.15) is 0 Å². The van der Waals surface area contributed by atoms with Crippen LogP contribution in [0.4, 0.5) is 4.79 Å². The summed E-state index contributed by atoms with van der Waals surface area (Å²) < 4.78 is 20.4. The first-order chi connectivity index (χ1) is 13.3. The molecule has 7 heteroatoms. The van der Waals surface area contributed by atoms with Gasteiger partial charge in [0.1, 0.15) is 0 Å². The maximum atomic E-state index is 12.2. The Hall–Kier alpha value is -3.87. The molecule has 0 aromatic heterocycles. The quantitative estimate of drug-likeness (QED) is 0.320. The zero-order valence-electron chi connectivity index (χ0n) is 15.4. The van der Waals surface area contributed by atoms with Gasteiger partial charge in [0, 0.05) is 11.1 Å². The molecule has 0 aliphatic rings. The van der Waals surface area contributed by atoms with Gasteiger partial charge in [0.15, 0.2) is 23.0 Å². The molecule has 0 amide bonds. The van der Waals surface area contributed by atoms with Gasteiger partial charge in [-0.05, 0) is 38.1 Å². The number of carbonyl (C=O) groups is 3. The second-order valence-corrected chi connectivity index (χ2v) is 5.69. The van der Waals surface area contributed by atoms with Gasteiger partial charge in [-0.15, -0.1) is 0 Å². The van der Waals surface area contributed by atoms with Gasteiger partial charge >= 0.3 is 18.1 Å². The number of carbonyl (C=O) groups excluding carboxylic acids is 3. The smallest absolute Gasteiger partial charge is 0.419 e. The van der Waals surface area contributed by atoms with Crippen molar-refractivity contribution in [3.05, 3.63) is 72.8 Å². The number of para-hydroxylation sites is 4. The molecule has 0 unspecified atom stereocenters. The van der Waals surface area contributed by atoms with Gasteiger partial charge in [-0.25, -0.2) is 14.4 Å². The van der Waals surface area contributed by atoms with Crippen LogP contribution in [0.3, 0.4) is 0 Å². The second-order valence-electron chi connectivity index (χ2n) is 5.69. The largest absolute Gasteiger partial charge is 0.519 e. The predicted octanol–water partition coefficient (Wildman–Crippen LogP) is 4.23. The van der Waals surface area contributed by atoms with Gasteiger partial charge in [0.05, 0.1) is 0 Å². The number of hydrogen-bond donors (Lipinski definition) is 0. The van der Waals surface area contributed by atoms with Crippen molar-refractivity contribution in [2.75, 3.05) is 0 Å². The van der Waals surface area contributed by atoms with Crippen molar-refractivity contribution in [1.82, 2.24) is 0 Å². The fourth-order valence-electron chi connectivity index (χ4n) is 1.81. The molecule has 0 saturated carbocycles. The topological polar surface area (TPSA) is 88.1 Å². The highest BCUT2D eigenvalue weighted by Crippen LogP contribution is 2.30. The lowest BCUT2D eigenvalue weighted by molar-refractivity contribution is -0.131. The Morgan fingerprint density at radius 3 is 1.18 bits per heavy atom. The van der Waals surface area contributed by atoms with Crippen LogP contribution in [0.5, 0.6) is 23.0 Å². The summed E-state index contributed by atoms with van der Waals surface area (Å²) in [5.74, 6) is -1.34. The van der Waals surface area contributed by atoms with E-state index in [0.717, 1.165) is 0 Å². The van der Waals surface area contributed by atoms with E-state index in [2.05, 4.69) is 13.2 Å². The Bertz CT molecular complexity index is 868. The van der Waals surface area contributed by atoms with Crippen molar-refractivity contribution < 1.29 is 33.3 Å². The summed E-state index contributed by atoms with van der Waals surface area (Å²) in [4.78, 5) is 35.6. The van der Waals surface area contributed by atoms with Gasteiger partial charge in [0.25, 0.3) is 0 Å². The SMILES string of the molecule is C=C(C)C(=O)Oc1ccccc1OC(=O)Oc1ccccc1OC(=O)C(=C)C. The summed E-state index contributed by atoms with van der Waals surface area (Å²) in [6, 6.07) is 12.1. The van der Waals surface area contributed by atoms with Crippen LogP contribution in [0.15, 0.2) is 72.8 Å². The lowest BCUT2D eigenvalue weighted by atomic mass is 10.3. The minimum atomic E-state index is -1.11. The molecular formula is C21H18O7. The van der Waals surface area contributed by atoms with E-state index in [-0.39, 0.29) is 34.1 Å². The number of benzene rings is 2. The predicted molar refractivity (Wildman–Crippen MR) is 100 cm³/mol.